The van der Waals surface area contributed by atoms with Gasteiger partial charge in [-0.15, -0.1) is 6.42 Å². The number of amides is 1. The largest absolute Gasteiger partial charge is 0.367 e. The molecule has 0 aliphatic rings. The van der Waals surface area contributed by atoms with Crippen LogP contribution in [0.3, 0.4) is 0 Å². The van der Waals surface area contributed by atoms with Crippen LogP contribution in [0.1, 0.15) is 26.2 Å². The second kappa shape index (κ2) is 9.08. The number of nitrogens with one attached hydrogen (secondary N) is 1. The minimum atomic E-state index is 0.0890. The summed E-state index contributed by atoms with van der Waals surface area (Å²) >= 11 is 0. The van der Waals surface area contributed by atoms with E-state index in [1.54, 1.807) is 0 Å². The zero-order chi connectivity index (χ0) is 9.94. The van der Waals surface area contributed by atoms with E-state index >= 15 is 0 Å². The first-order valence-electron chi connectivity index (χ1n) is 4.59. The maximum atomic E-state index is 11.0. The molecule has 0 rings (SSSR count). The standard InChI is InChI=1S/C10H17NO2/c1-3-5-6-10(12)11-7-9-13-8-4-2/h2H,3,5-9H2,1H3,(H,11,12). The average Bonchev–Trinajstić information content (AvgIpc) is 2.14. The number of carbonyl (C=O) groups excluding carboxylic acids is 1. The van der Waals surface area contributed by atoms with Gasteiger partial charge in [-0.1, -0.05) is 19.3 Å². The molecule has 0 aromatic heterocycles. The zero-order valence-electron chi connectivity index (χ0n) is 8.14. The fraction of sp³-hybridized carbons (Fsp3) is 0.700. The maximum Gasteiger partial charge on any atom is 0.220 e. The molecule has 3 heteroatoms. The molecule has 0 saturated carbocycles. The van der Waals surface area contributed by atoms with Crippen LogP contribution >= 0.6 is 0 Å². The van der Waals surface area contributed by atoms with Crippen molar-refractivity contribution in [3.63, 3.8) is 0 Å². The van der Waals surface area contributed by atoms with Crippen LogP contribution in [0.4, 0.5) is 0 Å². The Morgan fingerprint density at radius 1 is 1.62 bits per heavy atom. The van der Waals surface area contributed by atoms with E-state index in [4.69, 9.17) is 11.2 Å². The number of unbranched alkanes of at least 4 members (excludes halogenated alkanes) is 1. The van der Waals surface area contributed by atoms with Crippen LogP contribution in [0, 0.1) is 12.3 Å². The molecule has 13 heavy (non-hydrogen) atoms. The van der Waals surface area contributed by atoms with Crippen LogP contribution in [-0.4, -0.2) is 25.7 Å². The molecule has 74 valence electrons. The van der Waals surface area contributed by atoms with E-state index in [0.29, 0.717) is 26.2 Å². The predicted molar refractivity (Wildman–Crippen MR) is 52.2 cm³/mol. The smallest absolute Gasteiger partial charge is 0.220 e. The number of hydrogen-bond acceptors (Lipinski definition) is 2. The van der Waals surface area contributed by atoms with Crippen molar-refractivity contribution in [1.29, 1.82) is 0 Å². The highest BCUT2D eigenvalue weighted by atomic mass is 16.5. The van der Waals surface area contributed by atoms with Crippen molar-refractivity contribution in [1.82, 2.24) is 5.32 Å². The molecular formula is C10H17NO2. The summed E-state index contributed by atoms with van der Waals surface area (Å²) in [4.78, 5) is 11.0. The van der Waals surface area contributed by atoms with Crippen LogP contribution < -0.4 is 5.32 Å². The molecule has 1 N–H and O–H groups in total. The third-order valence-electron chi connectivity index (χ3n) is 1.51. The number of hydrogen-bond donors (Lipinski definition) is 1. The first-order chi connectivity index (χ1) is 6.31. The van der Waals surface area contributed by atoms with Crippen LogP contribution in [0.15, 0.2) is 0 Å². The van der Waals surface area contributed by atoms with E-state index in [9.17, 15) is 4.79 Å². The summed E-state index contributed by atoms with van der Waals surface area (Å²) in [5.41, 5.74) is 0. The molecule has 0 bridgehead atoms. The van der Waals surface area contributed by atoms with Crippen molar-refractivity contribution >= 4 is 5.91 Å². The van der Waals surface area contributed by atoms with Crippen molar-refractivity contribution in [3.05, 3.63) is 0 Å². The first-order valence-corrected chi connectivity index (χ1v) is 4.59. The fourth-order valence-electron chi connectivity index (χ4n) is 0.819. The molecule has 0 fully saturated rings. The lowest BCUT2D eigenvalue weighted by Gasteiger charge is -2.03. The van der Waals surface area contributed by atoms with Gasteiger partial charge in [0.1, 0.15) is 6.61 Å². The van der Waals surface area contributed by atoms with Crippen molar-refractivity contribution in [3.8, 4) is 12.3 Å². The first kappa shape index (κ1) is 12.0. The minimum absolute atomic E-state index is 0.0890. The molecular weight excluding hydrogens is 166 g/mol. The molecule has 0 radical (unpaired) electrons. The van der Waals surface area contributed by atoms with E-state index in [2.05, 4.69) is 18.2 Å². The summed E-state index contributed by atoms with van der Waals surface area (Å²) < 4.78 is 4.99. The van der Waals surface area contributed by atoms with Crippen molar-refractivity contribution in [2.75, 3.05) is 19.8 Å². The number of terminal acetylenes is 1. The molecule has 1 amide bonds. The Kier molecular flexibility index (Phi) is 8.38. The fourth-order valence-corrected chi connectivity index (χ4v) is 0.819. The topological polar surface area (TPSA) is 38.3 Å². The maximum absolute atomic E-state index is 11.0. The van der Waals surface area contributed by atoms with Gasteiger partial charge in [-0.2, -0.15) is 0 Å². The van der Waals surface area contributed by atoms with Crippen molar-refractivity contribution in [2.45, 2.75) is 26.2 Å². The Labute approximate surface area is 79.8 Å². The third-order valence-corrected chi connectivity index (χ3v) is 1.51. The molecule has 3 nitrogen and oxygen atoms in total. The Morgan fingerprint density at radius 3 is 3.00 bits per heavy atom. The van der Waals surface area contributed by atoms with Crippen LogP contribution in [0.2, 0.25) is 0 Å². The van der Waals surface area contributed by atoms with Crippen LogP contribution in [-0.2, 0) is 9.53 Å². The monoisotopic (exact) mass is 183 g/mol. The molecule has 0 aliphatic heterocycles. The summed E-state index contributed by atoms with van der Waals surface area (Å²) in [6.45, 7) is 3.40. The number of rotatable bonds is 7. The van der Waals surface area contributed by atoms with Crippen molar-refractivity contribution < 1.29 is 9.53 Å². The summed E-state index contributed by atoms with van der Waals surface area (Å²) in [7, 11) is 0. The third kappa shape index (κ3) is 8.90. The highest BCUT2D eigenvalue weighted by molar-refractivity contribution is 5.75. The predicted octanol–water partition coefficient (Wildman–Crippen LogP) is 0.943. The Morgan fingerprint density at radius 2 is 2.38 bits per heavy atom. The van der Waals surface area contributed by atoms with E-state index in [-0.39, 0.29) is 5.91 Å². The highest BCUT2D eigenvalue weighted by Crippen LogP contribution is 1.92. The SMILES string of the molecule is C#CCOCCNC(=O)CCCC. The summed E-state index contributed by atoms with van der Waals surface area (Å²) in [6.07, 6.45) is 7.56. The molecule has 0 aliphatic carbocycles. The molecule has 0 aromatic carbocycles. The zero-order valence-corrected chi connectivity index (χ0v) is 8.14. The molecule has 0 saturated heterocycles. The average molecular weight is 183 g/mol. The van der Waals surface area contributed by atoms with E-state index < -0.39 is 0 Å². The van der Waals surface area contributed by atoms with Gasteiger partial charge < -0.3 is 10.1 Å². The van der Waals surface area contributed by atoms with Gasteiger partial charge in [0.2, 0.25) is 5.91 Å². The van der Waals surface area contributed by atoms with E-state index in [1.165, 1.54) is 0 Å². The minimum Gasteiger partial charge on any atom is -0.367 e. The molecule has 0 aromatic rings. The highest BCUT2D eigenvalue weighted by Gasteiger charge is 1.97. The summed E-state index contributed by atoms with van der Waals surface area (Å²) in [6, 6.07) is 0. The molecule has 0 heterocycles. The van der Waals surface area contributed by atoms with Gasteiger partial charge in [-0.05, 0) is 6.42 Å². The van der Waals surface area contributed by atoms with Gasteiger partial charge in [0.15, 0.2) is 0 Å². The lowest BCUT2D eigenvalue weighted by molar-refractivity contribution is -0.121. The lowest BCUT2D eigenvalue weighted by Crippen LogP contribution is -2.26. The second-order valence-electron chi connectivity index (χ2n) is 2.71. The normalized spacial score (nSPS) is 9.23. The Hall–Kier alpha value is -1.01. The van der Waals surface area contributed by atoms with Crippen LogP contribution in [0.5, 0.6) is 0 Å². The number of carbonyl (C=O) groups is 1. The molecule has 0 unspecified atom stereocenters. The van der Waals surface area contributed by atoms with Gasteiger partial charge in [0.25, 0.3) is 0 Å². The van der Waals surface area contributed by atoms with Gasteiger partial charge in [-0.3, -0.25) is 4.79 Å². The van der Waals surface area contributed by atoms with Crippen molar-refractivity contribution in [2.24, 2.45) is 0 Å². The van der Waals surface area contributed by atoms with Crippen LogP contribution in [0.25, 0.3) is 0 Å². The van der Waals surface area contributed by atoms with Gasteiger partial charge in [0, 0.05) is 13.0 Å². The summed E-state index contributed by atoms with van der Waals surface area (Å²) in [5, 5.41) is 2.74. The van der Waals surface area contributed by atoms with Gasteiger partial charge in [-0.25, -0.2) is 0 Å². The number of ether oxygens (including phenoxy) is 1. The van der Waals surface area contributed by atoms with Gasteiger partial charge in [0.05, 0.1) is 6.61 Å². The van der Waals surface area contributed by atoms with Gasteiger partial charge >= 0.3 is 0 Å². The molecule has 0 spiro atoms. The lowest BCUT2D eigenvalue weighted by atomic mass is 10.2. The van der Waals surface area contributed by atoms with E-state index in [1.807, 2.05) is 0 Å². The molecule has 0 atom stereocenters. The Balaban J connectivity index is 3.13. The van der Waals surface area contributed by atoms with E-state index in [0.717, 1.165) is 12.8 Å². The summed E-state index contributed by atoms with van der Waals surface area (Å²) in [5.74, 6) is 2.44. The second-order valence-corrected chi connectivity index (χ2v) is 2.71. The quantitative estimate of drug-likeness (QED) is 0.471. The Bertz CT molecular complexity index is 172.